The van der Waals surface area contributed by atoms with E-state index >= 15 is 0 Å². The first kappa shape index (κ1) is 16.7. The van der Waals surface area contributed by atoms with Crippen molar-refractivity contribution in [3.63, 3.8) is 0 Å². The number of halogens is 3. The lowest BCUT2D eigenvalue weighted by Crippen LogP contribution is -2.18. The number of hydrogen-bond acceptors (Lipinski definition) is 4. The molecule has 7 heteroatoms. The average Bonchev–Trinajstić information content (AvgIpc) is 2.43. The van der Waals surface area contributed by atoms with Crippen LogP contribution < -0.4 is 0 Å². The molecule has 0 fully saturated rings. The molecule has 0 N–H and O–H groups in total. The van der Waals surface area contributed by atoms with E-state index in [1.165, 1.54) is 6.92 Å². The molecule has 0 amide bonds. The zero-order valence-corrected chi connectivity index (χ0v) is 11.4. The first-order valence-corrected chi connectivity index (χ1v) is 6.10. The molecule has 0 aliphatic carbocycles. The summed E-state index contributed by atoms with van der Waals surface area (Å²) in [7, 11) is 0. The highest BCUT2D eigenvalue weighted by atomic mass is 19.2. The normalized spacial score (nSPS) is 11.2. The molecule has 21 heavy (non-hydrogen) atoms. The van der Waals surface area contributed by atoms with E-state index in [1.807, 2.05) is 0 Å². The summed E-state index contributed by atoms with van der Waals surface area (Å²) in [5.74, 6) is -6.32. The maximum Gasteiger partial charge on any atom is 0.345 e. The number of hydrogen-bond donors (Lipinski definition) is 0. The predicted molar refractivity (Wildman–Crippen MR) is 67.0 cm³/mol. The van der Waals surface area contributed by atoms with Crippen LogP contribution in [0, 0.1) is 17.5 Å². The quantitative estimate of drug-likeness (QED) is 0.154. The maximum absolute atomic E-state index is 13.6. The number of benzene rings is 1. The molecule has 0 unspecified atom stereocenters. The summed E-state index contributed by atoms with van der Waals surface area (Å²) in [6.45, 7) is 3.24. The third-order valence-electron chi connectivity index (χ3n) is 2.36. The largest absolute Gasteiger partial charge is 0.500 e. The van der Waals surface area contributed by atoms with Crippen LogP contribution in [-0.2, 0) is 14.3 Å². The van der Waals surface area contributed by atoms with Crippen molar-refractivity contribution >= 4 is 11.8 Å². The summed E-state index contributed by atoms with van der Waals surface area (Å²) in [5.41, 5.74) is -1.39. The third-order valence-corrected chi connectivity index (χ3v) is 2.36. The zero-order chi connectivity index (χ0) is 16.0. The Balaban J connectivity index is 3.23. The van der Waals surface area contributed by atoms with Gasteiger partial charge in [-0.3, -0.25) is 4.79 Å². The van der Waals surface area contributed by atoms with E-state index in [2.05, 4.69) is 4.74 Å². The standard InChI is InChI=1S/C14H13F3O4/c1-3-20-7-9(14(19)21-4-2)13(18)8-5-11(16)12(17)6-10(8)15/h5-7H,3-4H2,1-2H3. The minimum absolute atomic E-state index is 0.0180. The van der Waals surface area contributed by atoms with Crippen LogP contribution in [0.2, 0.25) is 0 Å². The Kier molecular flexibility index (Phi) is 5.95. The molecular formula is C14H13F3O4. The summed E-state index contributed by atoms with van der Waals surface area (Å²) in [4.78, 5) is 23.7. The lowest BCUT2D eigenvalue weighted by Gasteiger charge is -2.08. The van der Waals surface area contributed by atoms with E-state index in [-0.39, 0.29) is 19.3 Å². The highest BCUT2D eigenvalue weighted by molar-refractivity contribution is 6.24. The molecule has 0 radical (unpaired) electrons. The molecule has 1 rings (SSSR count). The summed E-state index contributed by atoms with van der Waals surface area (Å²) in [6, 6.07) is 0.609. The minimum atomic E-state index is -1.43. The lowest BCUT2D eigenvalue weighted by molar-refractivity contribution is -0.138. The predicted octanol–water partition coefficient (Wildman–Crippen LogP) is 2.77. The van der Waals surface area contributed by atoms with E-state index in [4.69, 9.17) is 4.74 Å². The van der Waals surface area contributed by atoms with Crippen LogP contribution in [0.15, 0.2) is 24.0 Å². The van der Waals surface area contributed by atoms with Gasteiger partial charge in [0.15, 0.2) is 11.6 Å². The first-order valence-electron chi connectivity index (χ1n) is 6.10. The van der Waals surface area contributed by atoms with Gasteiger partial charge in [0.25, 0.3) is 0 Å². The van der Waals surface area contributed by atoms with Crippen LogP contribution in [0.5, 0.6) is 0 Å². The van der Waals surface area contributed by atoms with E-state index in [0.29, 0.717) is 6.07 Å². The Bertz CT molecular complexity index is 582. The molecule has 0 atom stereocenters. The SMILES string of the molecule is CCOC=C(C(=O)OCC)C(=O)c1cc(F)c(F)cc1F. The maximum atomic E-state index is 13.6. The molecule has 0 aliphatic rings. The number of ketones is 1. The number of ether oxygens (including phenoxy) is 2. The highest BCUT2D eigenvalue weighted by Crippen LogP contribution is 2.18. The van der Waals surface area contributed by atoms with Crippen molar-refractivity contribution < 1.29 is 32.2 Å². The van der Waals surface area contributed by atoms with Crippen molar-refractivity contribution in [3.8, 4) is 0 Å². The lowest BCUT2D eigenvalue weighted by atomic mass is 10.0. The van der Waals surface area contributed by atoms with Crippen molar-refractivity contribution in [3.05, 3.63) is 47.0 Å². The molecule has 114 valence electrons. The second kappa shape index (κ2) is 7.47. The van der Waals surface area contributed by atoms with Crippen LogP contribution in [0.4, 0.5) is 13.2 Å². The second-order valence-electron chi connectivity index (χ2n) is 3.78. The molecule has 0 bridgehead atoms. The van der Waals surface area contributed by atoms with Gasteiger partial charge in [0.1, 0.15) is 17.7 Å². The van der Waals surface area contributed by atoms with Crippen LogP contribution in [0.1, 0.15) is 24.2 Å². The molecule has 0 aliphatic heterocycles. The molecule has 1 aromatic rings. The van der Waals surface area contributed by atoms with Crippen LogP contribution in [0.3, 0.4) is 0 Å². The van der Waals surface area contributed by atoms with Crippen molar-refractivity contribution in [1.82, 2.24) is 0 Å². The van der Waals surface area contributed by atoms with Gasteiger partial charge in [0, 0.05) is 6.07 Å². The first-order chi connectivity index (χ1) is 9.92. The Morgan fingerprint density at radius 2 is 1.67 bits per heavy atom. The van der Waals surface area contributed by atoms with Crippen LogP contribution >= 0.6 is 0 Å². The molecular weight excluding hydrogens is 289 g/mol. The van der Waals surface area contributed by atoms with E-state index in [0.717, 1.165) is 6.26 Å². The van der Waals surface area contributed by atoms with Gasteiger partial charge < -0.3 is 9.47 Å². The third kappa shape index (κ3) is 4.08. The Hall–Kier alpha value is -2.31. The number of rotatable bonds is 6. The van der Waals surface area contributed by atoms with Gasteiger partial charge in [-0.1, -0.05) is 0 Å². The fraction of sp³-hybridized carbons (Fsp3) is 0.286. The number of Topliss-reactive ketones (excluding diaryl/α,β-unsaturated/α-hetero) is 1. The van der Waals surface area contributed by atoms with Gasteiger partial charge in [-0.2, -0.15) is 0 Å². The molecule has 1 aromatic carbocycles. The van der Waals surface area contributed by atoms with Gasteiger partial charge in [-0.25, -0.2) is 18.0 Å². The van der Waals surface area contributed by atoms with Gasteiger partial charge in [0.05, 0.1) is 18.8 Å². The van der Waals surface area contributed by atoms with Crippen LogP contribution in [0.25, 0.3) is 0 Å². The zero-order valence-electron chi connectivity index (χ0n) is 11.4. The van der Waals surface area contributed by atoms with Crippen molar-refractivity contribution in [2.24, 2.45) is 0 Å². The smallest absolute Gasteiger partial charge is 0.345 e. The van der Waals surface area contributed by atoms with Gasteiger partial charge in [-0.15, -0.1) is 0 Å². The molecule has 0 saturated heterocycles. The van der Waals surface area contributed by atoms with E-state index in [1.54, 1.807) is 6.92 Å². The average molecular weight is 302 g/mol. The van der Waals surface area contributed by atoms with Gasteiger partial charge in [0.2, 0.25) is 5.78 Å². The minimum Gasteiger partial charge on any atom is -0.500 e. The molecule has 0 saturated carbocycles. The second-order valence-corrected chi connectivity index (χ2v) is 3.78. The summed E-state index contributed by atoms with van der Waals surface area (Å²) in [5, 5.41) is 0. The van der Waals surface area contributed by atoms with Gasteiger partial charge >= 0.3 is 5.97 Å². The Morgan fingerprint density at radius 1 is 1.05 bits per heavy atom. The van der Waals surface area contributed by atoms with E-state index < -0.39 is 40.3 Å². The number of carbonyl (C=O) groups excluding carboxylic acids is 2. The fourth-order valence-electron chi connectivity index (χ4n) is 1.41. The Morgan fingerprint density at radius 3 is 2.24 bits per heavy atom. The van der Waals surface area contributed by atoms with Crippen molar-refractivity contribution in [1.29, 1.82) is 0 Å². The summed E-state index contributed by atoms with van der Waals surface area (Å²) >= 11 is 0. The summed E-state index contributed by atoms with van der Waals surface area (Å²) < 4.78 is 49.0. The topological polar surface area (TPSA) is 52.6 Å². The van der Waals surface area contributed by atoms with Gasteiger partial charge in [-0.05, 0) is 19.9 Å². The van der Waals surface area contributed by atoms with Crippen LogP contribution in [-0.4, -0.2) is 25.0 Å². The Labute approximate surface area is 119 Å². The fourth-order valence-corrected chi connectivity index (χ4v) is 1.41. The number of carbonyl (C=O) groups is 2. The van der Waals surface area contributed by atoms with Crippen molar-refractivity contribution in [2.45, 2.75) is 13.8 Å². The van der Waals surface area contributed by atoms with E-state index in [9.17, 15) is 22.8 Å². The monoisotopic (exact) mass is 302 g/mol. The molecule has 0 heterocycles. The number of esters is 1. The molecule has 0 spiro atoms. The van der Waals surface area contributed by atoms with Crippen molar-refractivity contribution in [2.75, 3.05) is 13.2 Å². The molecule has 0 aromatic heterocycles. The highest BCUT2D eigenvalue weighted by Gasteiger charge is 2.26. The molecule has 4 nitrogen and oxygen atoms in total. The summed E-state index contributed by atoms with van der Waals surface area (Å²) in [6.07, 6.45) is 0.807.